The molecule has 1 amide bonds. The third-order valence-electron chi connectivity index (χ3n) is 6.65. The van der Waals surface area contributed by atoms with Gasteiger partial charge in [-0.25, -0.2) is 8.42 Å². The van der Waals surface area contributed by atoms with E-state index in [9.17, 15) is 13.2 Å². The molecular formula is C26H35N3O4S. The van der Waals surface area contributed by atoms with Crippen LogP contribution in [0.4, 0.5) is 5.69 Å². The van der Waals surface area contributed by atoms with Crippen LogP contribution in [0.25, 0.3) is 0 Å². The normalized spacial score (nSPS) is 24.4. The Morgan fingerprint density at radius 2 is 1.82 bits per heavy atom. The number of ether oxygens (including phenoxy) is 1. The molecular weight excluding hydrogens is 450 g/mol. The van der Waals surface area contributed by atoms with Gasteiger partial charge in [-0.15, -0.1) is 0 Å². The number of amides is 1. The van der Waals surface area contributed by atoms with Gasteiger partial charge in [-0.2, -0.15) is 0 Å². The van der Waals surface area contributed by atoms with Gasteiger partial charge in [0.2, 0.25) is 10.0 Å². The van der Waals surface area contributed by atoms with Gasteiger partial charge in [-0.1, -0.05) is 24.3 Å². The molecule has 0 spiro atoms. The number of aryl methyl sites for hydroxylation is 1. The highest BCUT2D eigenvalue weighted by atomic mass is 32.2. The third kappa shape index (κ3) is 6.37. The fourth-order valence-corrected chi connectivity index (χ4v) is 5.06. The molecule has 184 valence electrons. The first-order valence-corrected chi connectivity index (χ1v) is 13.7. The smallest absolute Gasteiger partial charge is 0.251 e. The largest absolute Gasteiger partial charge is 0.375 e. The average molecular weight is 486 g/mol. The minimum absolute atomic E-state index is 0.0832. The van der Waals surface area contributed by atoms with Crippen LogP contribution in [0.1, 0.15) is 53.2 Å². The van der Waals surface area contributed by atoms with E-state index in [4.69, 9.17) is 10.5 Å². The van der Waals surface area contributed by atoms with Crippen LogP contribution in [0.15, 0.2) is 42.5 Å². The van der Waals surface area contributed by atoms with Crippen molar-refractivity contribution in [3.63, 3.8) is 0 Å². The fraction of sp³-hybridized carbons (Fsp3) is 0.500. The predicted octanol–water partition coefficient (Wildman–Crippen LogP) is 3.01. The van der Waals surface area contributed by atoms with Crippen molar-refractivity contribution in [2.24, 2.45) is 11.7 Å². The Morgan fingerprint density at radius 3 is 2.53 bits per heavy atom. The Labute approximate surface area is 202 Å². The lowest BCUT2D eigenvalue weighted by molar-refractivity contribution is 0.0789. The standard InChI is InChI=1S/C26H35N3O4S/c1-26(27)15-19-6-4-5-18(11-19)7-10-24(21-8-9-21)28-25(30)22-12-20(16-33-17-26)13-23(14-22)29(2)34(3,31)32/h4-6,11-14,21,24H,7-10,15-17,27H2,1-3H3,(H,28,30). The first kappa shape index (κ1) is 24.7. The van der Waals surface area contributed by atoms with Gasteiger partial charge >= 0.3 is 0 Å². The summed E-state index contributed by atoms with van der Waals surface area (Å²) in [6, 6.07) is 13.7. The number of hydrogen-bond acceptors (Lipinski definition) is 5. The Kier molecular flexibility index (Phi) is 7.03. The molecule has 1 aliphatic carbocycles. The van der Waals surface area contributed by atoms with Crippen LogP contribution in [0.2, 0.25) is 0 Å². The number of sulfonamides is 1. The highest BCUT2D eigenvalue weighted by molar-refractivity contribution is 7.92. The second kappa shape index (κ2) is 9.68. The number of nitrogens with zero attached hydrogens (tertiary/aromatic N) is 1. The molecule has 2 unspecified atom stereocenters. The van der Waals surface area contributed by atoms with Crippen LogP contribution >= 0.6 is 0 Å². The van der Waals surface area contributed by atoms with Crippen molar-refractivity contribution in [2.75, 3.05) is 24.2 Å². The lowest BCUT2D eigenvalue weighted by Gasteiger charge is -2.26. The SMILES string of the molecule is CN(c1cc2cc(c1)C(=O)NC(C1CC1)CCc1cccc(c1)CC(C)(N)COC2)S(C)(=O)=O. The van der Waals surface area contributed by atoms with Crippen molar-refractivity contribution >= 4 is 21.6 Å². The molecule has 0 aromatic heterocycles. The zero-order valence-electron chi connectivity index (χ0n) is 20.2. The predicted molar refractivity (Wildman–Crippen MR) is 134 cm³/mol. The van der Waals surface area contributed by atoms with E-state index >= 15 is 0 Å². The van der Waals surface area contributed by atoms with Crippen molar-refractivity contribution in [2.45, 2.75) is 57.2 Å². The summed E-state index contributed by atoms with van der Waals surface area (Å²) < 4.78 is 31.5. The highest BCUT2D eigenvalue weighted by Gasteiger charge is 2.32. The van der Waals surface area contributed by atoms with Crippen LogP contribution < -0.4 is 15.4 Å². The van der Waals surface area contributed by atoms with E-state index in [0.29, 0.717) is 30.2 Å². The Bertz CT molecular complexity index is 1160. The molecule has 2 aromatic rings. The molecule has 2 aliphatic rings. The van der Waals surface area contributed by atoms with Gasteiger partial charge in [0.05, 0.1) is 25.2 Å². The quantitative estimate of drug-likeness (QED) is 0.696. The Hall–Kier alpha value is -2.42. The van der Waals surface area contributed by atoms with Crippen LogP contribution in [0.3, 0.4) is 0 Å². The summed E-state index contributed by atoms with van der Waals surface area (Å²) in [5, 5.41) is 3.23. The topological polar surface area (TPSA) is 102 Å². The van der Waals surface area contributed by atoms with Gasteiger partial charge in [-0.05, 0) is 79.8 Å². The minimum atomic E-state index is -3.48. The maximum Gasteiger partial charge on any atom is 0.251 e. The molecule has 0 saturated heterocycles. The van der Waals surface area contributed by atoms with Crippen LogP contribution in [0.5, 0.6) is 0 Å². The van der Waals surface area contributed by atoms with Gasteiger partial charge in [0.25, 0.3) is 5.91 Å². The molecule has 4 rings (SSSR count). The molecule has 4 bridgehead atoms. The summed E-state index contributed by atoms with van der Waals surface area (Å²) in [5.74, 6) is 0.300. The molecule has 1 aliphatic heterocycles. The lowest BCUT2D eigenvalue weighted by atomic mass is 9.92. The summed E-state index contributed by atoms with van der Waals surface area (Å²) >= 11 is 0. The molecule has 8 heteroatoms. The number of benzene rings is 2. The monoisotopic (exact) mass is 485 g/mol. The van der Waals surface area contributed by atoms with Crippen molar-refractivity contribution in [3.8, 4) is 0 Å². The van der Waals surface area contributed by atoms with Crippen molar-refractivity contribution in [1.82, 2.24) is 5.32 Å². The van der Waals surface area contributed by atoms with Crippen molar-refractivity contribution in [1.29, 1.82) is 0 Å². The molecule has 3 N–H and O–H groups in total. The molecule has 0 radical (unpaired) electrons. The summed E-state index contributed by atoms with van der Waals surface area (Å²) in [5.41, 5.74) is 9.99. The lowest BCUT2D eigenvalue weighted by Crippen LogP contribution is -2.43. The van der Waals surface area contributed by atoms with Gasteiger partial charge < -0.3 is 15.8 Å². The number of rotatable bonds is 3. The van der Waals surface area contributed by atoms with Gasteiger partial charge in [0.1, 0.15) is 0 Å². The van der Waals surface area contributed by atoms with E-state index in [1.165, 1.54) is 22.5 Å². The molecule has 7 nitrogen and oxygen atoms in total. The molecule has 1 saturated carbocycles. The van der Waals surface area contributed by atoms with Crippen LogP contribution in [-0.2, 0) is 34.2 Å². The van der Waals surface area contributed by atoms with Crippen LogP contribution in [0, 0.1) is 5.92 Å². The maximum absolute atomic E-state index is 13.3. The van der Waals surface area contributed by atoms with Gasteiger partial charge in [-0.3, -0.25) is 9.10 Å². The minimum Gasteiger partial charge on any atom is -0.375 e. The van der Waals surface area contributed by atoms with Gasteiger partial charge in [0, 0.05) is 24.2 Å². The van der Waals surface area contributed by atoms with E-state index < -0.39 is 15.6 Å². The maximum atomic E-state index is 13.3. The second-order valence-electron chi connectivity index (χ2n) is 10.2. The Morgan fingerprint density at radius 1 is 1.09 bits per heavy atom. The zero-order valence-corrected chi connectivity index (χ0v) is 21.0. The highest BCUT2D eigenvalue weighted by Crippen LogP contribution is 2.35. The first-order valence-electron chi connectivity index (χ1n) is 11.8. The first-order chi connectivity index (χ1) is 16.0. The third-order valence-corrected chi connectivity index (χ3v) is 7.86. The number of carbonyl (C=O) groups excluding carboxylic acids is 1. The van der Waals surface area contributed by atoms with Crippen molar-refractivity contribution < 1.29 is 17.9 Å². The molecule has 2 atom stereocenters. The zero-order chi connectivity index (χ0) is 24.5. The number of hydrogen-bond donors (Lipinski definition) is 2. The molecule has 2 aromatic carbocycles. The Balaban J connectivity index is 1.68. The second-order valence-corrected chi connectivity index (χ2v) is 12.2. The molecule has 1 fully saturated rings. The number of carbonyl (C=O) groups is 1. The number of nitrogens with one attached hydrogen (secondary N) is 1. The fourth-order valence-electron chi connectivity index (χ4n) is 4.57. The molecule has 34 heavy (non-hydrogen) atoms. The van der Waals surface area contributed by atoms with Gasteiger partial charge in [0.15, 0.2) is 0 Å². The van der Waals surface area contributed by atoms with Crippen molar-refractivity contribution in [3.05, 3.63) is 64.7 Å². The number of anilines is 1. The average Bonchev–Trinajstić information content (AvgIpc) is 3.59. The summed E-state index contributed by atoms with van der Waals surface area (Å²) in [6.45, 7) is 2.53. The van der Waals surface area contributed by atoms with E-state index in [1.807, 2.05) is 6.92 Å². The molecule has 1 heterocycles. The number of fused-ring (bicyclic) bond motifs is 4. The van der Waals surface area contributed by atoms with Crippen LogP contribution in [-0.4, -0.2) is 45.8 Å². The van der Waals surface area contributed by atoms with E-state index in [1.54, 1.807) is 18.2 Å². The summed E-state index contributed by atoms with van der Waals surface area (Å²) in [6.07, 6.45) is 5.80. The van der Waals surface area contributed by atoms with E-state index in [-0.39, 0.29) is 18.6 Å². The summed E-state index contributed by atoms with van der Waals surface area (Å²) in [4.78, 5) is 13.3. The van der Waals surface area contributed by atoms with E-state index in [2.05, 4.69) is 29.6 Å². The summed E-state index contributed by atoms with van der Waals surface area (Å²) in [7, 11) is -1.99. The van der Waals surface area contributed by atoms with E-state index in [0.717, 1.165) is 37.5 Å². The number of nitrogens with two attached hydrogens (primary N) is 1.